The highest BCUT2D eigenvalue weighted by Crippen LogP contribution is 2.36. The van der Waals surface area contributed by atoms with Crippen LogP contribution < -0.4 is 19.7 Å². The van der Waals surface area contributed by atoms with E-state index >= 15 is 0 Å². The summed E-state index contributed by atoms with van der Waals surface area (Å²) in [6.07, 6.45) is 8.53. The molecule has 1 atom stereocenters. The normalized spacial score (nSPS) is 13.2. The first-order valence-corrected chi connectivity index (χ1v) is 10.5. The molecule has 0 bridgehead atoms. The number of pyridine rings is 1. The summed E-state index contributed by atoms with van der Waals surface area (Å²) in [6, 6.07) is 9.95. The summed E-state index contributed by atoms with van der Waals surface area (Å²) in [5.41, 5.74) is 2.08. The van der Waals surface area contributed by atoms with Crippen LogP contribution in [0.1, 0.15) is 45.1 Å². The number of unbranched alkanes of at least 4 members (excludes halogenated alkanes) is 1. The summed E-state index contributed by atoms with van der Waals surface area (Å²) >= 11 is 5.79. The van der Waals surface area contributed by atoms with Crippen LogP contribution in [-0.4, -0.2) is 23.4 Å². The molecule has 0 saturated carbocycles. The fourth-order valence-electron chi connectivity index (χ4n) is 3.28. The Morgan fingerprint density at radius 3 is 2.86 bits per heavy atom. The van der Waals surface area contributed by atoms with Crippen molar-refractivity contribution in [3.05, 3.63) is 48.3 Å². The lowest BCUT2D eigenvalue weighted by molar-refractivity contribution is 0.174. The van der Waals surface area contributed by atoms with Gasteiger partial charge in [-0.1, -0.05) is 39.2 Å². The summed E-state index contributed by atoms with van der Waals surface area (Å²) in [4.78, 5) is 6.33. The fourth-order valence-corrected chi connectivity index (χ4v) is 3.53. The lowest BCUT2D eigenvalue weighted by atomic mass is 9.99. The smallest absolute Gasteiger partial charge is 0.231 e. The van der Waals surface area contributed by atoms with Crippen molar-refractivity contribution in [3.8, 4) is 11.5 Å². The van der Waals surface area contributed by atoms with Gasteiger partial charge in [-0.2, -0.15) is 0 Å². The first-order chi connectivity index (χ1) is 13.7. The molecule has 6 heteroatoms. The maximum Gasteiger partial charge on any atom is 0.231 e. The van der Waals surface area contributed by atoms with Crippen LogP contribution in [0.15, 0.2) is 42.7 Å². The number of anilines is 1. The molecule has 0 unspecified atom stereocenters. The minimum atomic E-state index is 0.264. The Balaban J connectivity index is 1.74. The molecule has 0 amide bonds. The largest absolute Gasteiger partial charge is 0.454 e. The Hall–Kier alpha value is -2.34. The van der Waals surface area contributed by atoms with Gasteiger partial charge in [0.15, 0.2) is 16.6 Å². The molecule has 2 aromatic rings. The molecule has 0 radical (unpaired) electrons. The molecule has 1 aliphatic rings. The number of nitrogens with one attached hydrogen (secondary N) is 1. The van der Waals surface area contributed by atoms with Crippen molar-refractivity contribution in [3.63, 3.8) is 0 Å². The first-order valence-electron chi connectivity index (χ1n) is 10.0. The minimum absolute atomic E-state index is 0.264. The lowest BCUT2D eigenvalue weighted by Gasteiger charge is -2.27. The zero-order valence-corrected chi connectivity index (χ0v) is 17.5. The van der Waals surface area contributed by atoms with Gasteiger partial charge in [0.2, 0.25) is 6.79 Å². The Labute approximate surface area is 173 Å². The average Bonchev–Trinajstić information content (AvgIpc) is 3.20. The molecule has 5 nitrogen and oxygen atoms in total. The Bertz CT molecular complexity index is 770. The number of nitrogens with zero attached hydrogens (tertiary/aromatic N) is 2. The van der Waals surface area contributed by atoms with Crippen LogP contribution >= 0.6 is 12.2 Å². The van der Waals surface area contributed by atoms with Gasteiger partial charge in [0.1, 0.15) is 0 Å². The maximum absolute atomic E-state index is 5.79. The molecular formula is C22H29N3O2S. The van der Waals surface area contributed by atoms with E-state index in [2.05, 4.69) is 35.1 Å². The van der Waals surface area contributed by atoms with Gasteiger partial charge in [-0.25, -0.2) is 0 Å². The molecule has 0 fully saturated rings. The molecule has 28 heavy (non-hydrogen) atoms. The van der Waals surface area contributed by atoms with Crippen molar-refractivity contribution in [1.82, 2.24) is 10.3 Å². The molecule has 0 spiro atoms. The van der Waals surface area contributed by atoms with Crippen LogP contribution in [0, 0.1) is 5.92 Å². The van der Waals surface area contributed by atoms with Crippen molar-refractivity contribution in [2.75, 3.05) is 18.2 Å². The molecule has 1 aromatic carbocycles. The summed E-state index contributed by atoms with van der Waals surface area (Å²) < 4.78 is 11.0. The van der Waals surface area contributed by atoms with Gasteiger partial charge < -0.3 is 19.7 Å². The molecule has 2 heterocycles. The monoisotopic (exact) mass is 399 g/mol. The predicted octanol–water partition coefficient (Wildman–Crippen LogP) is 4.91. The van der Waals surface area contributed by atoms with Crippen molar-refractivity contribution < 1.29 is 9.47 Å². The second-order valence-corrected chi connectivity index (χ2v) is 7.47. The van der Waals surface area contributed by atoms with Crippen LogP contribution in [0.2, 0.25) is 0 Å². The molecule has 0 saturated heterocycles. The van der Waals surface area contributed by atoms with Crippen molar-refractivity contribution in [1.29, 1.82) is 0 Å². The van der Waals surface area contributed by atoms with Crippen molar-refractivity contribution in [2.24, 2.45) is 5.92 Å². The third-order valence-electron chi connectivity index (χ3n) is 5.06. The SMILES string of the molecule is CCCC[C@H](CC)CNC(=S)N(Cc1cccnc1)c1ccc2c(c1)OCO2. The molecule has 1 aliphatic heterocycles. The van der Waals surface area contributed by atoms with Crippen LogP contribution in [0.5, 0.6) is 11.5 Å². The topological polar surface area (TPSA) is 46.6 Å². The second-order valence-electron chi connectivity index (χ2n) is 7.09. The Kier molecular flexibility index (Phi) is 7.48. The summed E-state index contributed by atoms with van der Waals surface area (Å²) in [7, 11) is 0. The second kappa shape index (κ2) is 10.3. The summed E-state index contributed by atoms with van der Waals surface area (Å²) in [5.74, 6) is 2.16. The van der Waals surface area contributed by atoms with Gasteiger partial charge >= 0.3 is 0 Å². The van der Waals surface area contributed by atoms with Gasteiger partial charge in [0, 0.05) is 30.7 Å². The van der Waals surface area contributed by atoms with Crippen molar-refractivity contribution >= 4 is 23.0 Å². The zero-order valence-electron chi connectivity index (χ0n) is 16.7. The number of ether oxygens (including phenoxy) is 2. The average molecular weight is 400 g/mol. The number of thiocarbonyl (C=S) groups is 1. The van der Waals surface area contributed by atoms with E-state index < -0.39 is 0 Å². The number of fused-ring (bicyclic) bond motifs is 1. The van der Waals surface area contributed by atoms with E-state index in [1.807, 2.05) is 30.5 Å². The van der Waals surface area contributed by atoms with E-state index in [9.17, 15) is 0 Å². The van der Waals surface area contributed by atoms with Crippen LogP contribution in [-0.2, 0) is 6.54 Å². The fraction of sp³-hybridized carbons (Fsp3) is 0.455. The van der Waals surface area contributed by atoms with Gasteiger partial charge in [0.25, 0.3) is 0 Å². The number of rotatable bonds is 9. The molecule has 150 valence electrons. The Morgan fingerprint density at radius 1 is 1.25 bits per heavy atom. The van der Waals surface area contributed by atoms with Gasteiger partial charge in [-0.3, -0.25) is 4.98 Å². The van der Waals surface area contributed by atoms with E-state index in [0.717, 1.165) is 40.8 Å². The standard InChI is InChI=1S/C22H29N3O2S/c1-3-5-7-17(4-2)14-24-22(28)25(15-18-8-6-11-23-13-18)19-9-10-20-21(12-19)27-16-26-20/h6,8-13,17H,3-5,7,14-16H2,1-2H3,(H,24,28)/t17-/m0/s1. The number of hydrogen-bond donors (Lipinski definition) is 1. The number of hydrogen-bond acceptors (Lipinski definition) is 4. The van der Waals surface area contributed by atoms with Crippen LogP contribution in [0.25, 0.3) is 0 Å². The third-order valence-corrected chi connectivity index (χ3v) is 5.43. The highest BCUT2D eigenvalue weighted by atomic mass is 32.1. The molecule has 3 rings (SSSR count). The van der Waals surface area contributed by atoms with E-state index in [-0.39, 0.29) is 6.79 Å². The minimum Gasteiger partial charge on any atom is -0.454 e. The quantitative estimate of drug-likeness (QED) is 0.605. The first kappa shape index (κ1) is 20.4. The van der Waals surface area contributed by atoms with E-state index in [1.54, 1.807) is 6.20 Å². The van der Waals surface area contributed by atoms with Gasteiger partial charge in [0.05, 0.1) is 6.54 Å². The third kappa shape index (κ3) is 5.35. The van der Waals surface area contributed by atoms with E-state index in [1.165, 1.54) is 19.3 Å². The highest BCUT2D eigenvalue weighted by molar-refractivity contribution is 7.80. The lowest BCUT2D eigenvalue weighted by Crippen LogP contribution is -2.41. The van der Waals surface area contributed by atoms with Crippen LogP contribution in [0.3, 0.4) is 0 Å². The Morgan fingerprint density at radius 2 is 2.11 bits per heavy atom. The number of aromatic nitrogens is 1. The maximum atomic E-state index is 5.79. The van der Waals surface area contributed by atoms with E-state index in [0.29, 0.717) is 12.5 Å². The highest BCUT2D eigenvalue weighted by Gasteiger charge is 2.19. The van der Waals surface area contributed by atoms with Crippen LogP contribution in [0.4, 0.5) is 5.69 Å². The molecule has 1 aromatic heterocycles. The predicted molar refractivity (Wildman–Crippen MR) is 117 cm³/mol. The summed E-state index contributed by atoms with van der Waals surface area (Å²) in [6.45, 7) is 6.28. The number of benzene rings is 1. The summed E-state index contributed by atoms with van der Waals surface area (Å²) in [5, 5.41) is 4.21. The molecular weight excluding hydrogens is 370 g/mol. The van der Waals surface area contributed by atoms with Gasteiger partial charge in [-0.15, -0.1) is 0 Å². The van der Waals surface area contributed by atoms with Crippen molar-refractivity contribution in [2.45, 2.75) is 46.1 Å². The molecule has 0 aliphatic carbocycles. The zero-order chi connectivity index (χ0) is 19.8. The molecule has 1 N–H and O–H groups in total. The van der Waals surface area contributed by atoms with Gasteiger partial charge in [-0.05, 0) is 48.3 Å². The van der Waals surface area contributed by atoms with E-state index in [4.69, 9.17) is 21.7 Å².